The van der Waals surface area contributed by atoms with Crippen molar-refractivity contribution in [3.05, 3.63) is 29.3 Å². The number of nitrogens with two attached hydrogens (primary N) is 1. The van der Waals surface area contributed by atoms with E-state index in [1.807, 2.05) is 0 Å². The lowest BCUT2D eigenvalue weighted by atomic mass is 10.0. The van der Waals surface area contributed by atoms with E-state index in [-0.39, 0.29) is 6.04 Å². The highest BCUT2D eigenvalue weighted by molar-refractivity contribution is 5.54. The van der Waals surface area contributed by atoms with Gasteiger partial charge in [0.1, 0.15) is 0 Å². The van der Waals surface area contributed by atoms with E-state index in [0.717, 1.165) is 12.2 Å². The van der Waals surface area contributed by atoms with Gasteiger partial charge < -0.3 is 11.2 Å². The Morgan fingerprint density at radius 2 is 2.33 bits per heavy atom. The molecule has 4 N–H and O–H groups in total. The van der Waals surface area contributed by atoms with E-state index in [1.165, 1.54) is 11.1 Å². The Balaban J connectivity index is 2.47. The zero-order valence-electron chi connectivity index (χ0n) is 7.09. The van der Waals surface area contributed by atoms with Crippen molar-refractivity contribution in [3.63, 3.8) is 0 Å². The van der Waals surface area contributed by atoms with Gasteiger partial charge >= 0.3 is 0 Å². The second-order valence-corrected chi connectivity index (χ2v) is 3.20. The lowest BCUT2D eigenvalue weighted by Gasteiger charge is -2.24. The largest absolute Gasteiger partial charge is 0.323 e. The first kappa shape index (κ1) is 7.58. The Labute approximate surface area is 71.9 Å². The number of hydrazine groups is 1. The summed E-state index contributed by atoms with van der Waals surface area (Å²) in [5.74, 6) is 0. The van der Waals surface area contributed by atoms with Gasteiger partial charge in [-0.3, -0.25) is 0 Å². The first-order valence-electron chi connectivity index (χ1n) is 4.12. The van der Waals surface area contributed by atoms with Crippen LogP contribution in [-0.2, 0) is 0 Å². The van der Waals surface area contributed by atoms with Gasteiger partial charge in [0.15, 0.2) is 0 Å². The van der Waals surface area contributed by atoms with Gasteiger partial charge in [0.05, 0.1) is 5.69 Å². The highest BCUT2D eigenvalue weighted by atomic mass is 15.4. The van der Waals surface area contributed by atoms with Gasteiger partial charge in [-0.2, -0.15) is 0 Å². The Kier molecular flexibility index (Phi) is 1.75. The molecule has 12 heavy (non-hydrogen) atoms. The molecule has 1 aliphatic rings. The number of anilines is 1. The highest BCUT2D eigenvalue weighted by Crippen LogP contribution is 2.24. The number of hydrogen-bond acceptors (Lipinski definition) is 3. The molecular formula is C9H13N3. The van der Waals surface area contributed by atoms with Crippen molar-refractivity contribution in [3.8, 4) is 0 Å². The Bertz CT molecular complexity index is 296. The summed E-state index contributed by atoms with van der Waals surface area (Å²) in [6, 6.07) is 6.37. The molecule has 1 unspecified atom stereocenters. The van der Waals surface area contributed by atoms with E-state index in [9.17, 15) is 0 Å². The second-order valence-electron chi connectivity index (χ2n) is 3.20. The molecule has 1 atom stereocenters. The van der Waals surface area contributed by atoms with Crippen LogP contribution in [0.2, 0.25) is 0 Å². The van der Waals surface area contributed by atoms with Crippen molar-refractivity contribution in [2.75, 3.05) is 12.0 Å². The summed E-state index contributed by atoms with van der Waals surface area (Å²) >= 11 is 0. The average molecular weight is 163 g/mol. The molecule has 0 saturated carbocycles. The highest BCUT2D eigenvalue weighted by Gasteiger charge is 2.14. The molecule has 0 aromatic heterocycles. The van der Waals surface area contributed by atoms with Crippen molar-refractivity contribution in [2.24, 2.45) is 5.73 Å². The first-order chi connectivity index (χ1) is 5.77. The molecule has 1 aromatic rings. The molecule has 1 heterocycles. The minimum atomic E-state index is 0.112. The van der Waals surface area contributed by atoms with Gasteiger partial charge in [-0.05, 0) is 18.6 Å². The average Bonchev–Trinajstić information content (AvgIpc) is 2.07. The van der Waals surface area contributed by atoms with Crippen LogP contribution in [0.5, 0.6) is 0 Å². The van der Waals surface area contributed by atoms with Crippen molar-refractivity contribution in [2.45, 2.75) is 13.0 Å². The Hall–Kier alpha value is -1.06. The molecule has 2 rings (SSSR count). The summed E-state index contributed by atoms with van der Waals surface area (Å²) in [4.78, 5) is 0. The minimum absolute atomic E-state index is 0.112. The van der Waals surface area contributed by atoms with Crippen LogP contribution in [0.1, 0.15) is 17.2 Å². The summed E-state index contributed by atoms with van der Waals surface area (Å²) in [7, 11) is 0. The maximum Gasteiger partial charge on any atom is 0.0536 e. The number of hydrogen-bond donors (Lipinski definition) is 3. The number of fused-ring (bicyclic) bond motifs is 1. The molecule has 1 aliphatic heterocycles. The molecule has 3 heteroatoms. The molecule has 0 bridgehead atoms. The molecule has 1 aromatic carbocycles. The molecular weight excluding hydrogens is 150 g/mol. The molecule has 64 valence electrons. The molecule has 0 radical (unpaired) electrons. The Morgan fingerprint density at radius 1 is 1.50 bits per heavy atom. The third-order valence-electron chi connectivity index (χ3n) is 2.15. The molecule has 3 nitrogen and oxygen atoms in total. The number of aryl methyl sites for hydroxylation is 1. The summed E-state index contributed by atoms with van der Waals surface area (Å²) < 4.78 is 0. The number of nitrogens with one attached hydrogen (secondary N) is 2. The lowest BCUT2D eigenvalue weighted by Crippen LogP contribution is -2.36. The fourth-order valence-corrected chi connectivity index (χ4v) is 1.47. The van der Waals surface area contributed by atoms with E-state index in [0.29, 0.717) is 0 Å². The smallest absolute Gasteiger partial charge is 0.0536 e. The van der Waals surface area contributed by atoms with Crippen molar-refractivity contribution >= 4 is 5.69 Å². The van der Waals surface area contributed by atoms with Gasteiger partial charge in [0, 0.05) is 12.6 Å². The zero-order valence-corrected chi connectivity index (χ0v) is 7.09. The maximum absolute atomic E-state index is 5.91. The van der Waals surface area contributed by atoms with Crippen LogP contribution in [0.4, 0.5) is 5.69 Å². The van der Waals surface area contributed by atoms with E-state index in [1.54, 1.807) is 0 Å². The predicted octanol–water partition coefficient (Wildman–Crippen LogP) is 0.925. The third-order valence-corrected chi connectivity index (χ3v) is 2.15. The molecule has 0 aliphatic carbocycles. The SMILES string of the molecule is Cc1ccc2c(c1)C(N)CNN2. The van der Waals surface area contributed by atoms with Crippen LogP contribution in [0.25, 0.3) is 0 Å². The van der Waals surface area contributed by atoms with Crippen LogP contribution in [0, 0.1) is 6.92 Å². The summed E-state index contributed by atoms with van der Waals surface area (Å²) in [5, 5.41) is 0. The predicted molar refractivity (Wildman–Crippen MR) is 49.7 cm³/mol. The van der Waals surface area contributed by atoms with E-state index < -0.39 is 0 Å². The molecule has 0 spiro atoms. The monoisotopic (exact) mass is 163 g/mol. The Morgan fingerprint density at radius 3 is 3.17 bits per heavy atom. The second kappa shape index (κ2) is 2.77. The summed E-state index contributed by atoms with van der Waals surface area (Å²) in [5.41, 5.74) is 15.6. The van der Waals surface area contributed by atoms with Crippen LogP contribution in [0.15, 0.2) is 18.2 Å². The maximum atomic E-state index is 5.91. The van der Waals surface area contributed by atoms with Gasteiger partial charge in [0.2, 0.25) is 0 Å². The summed E-state index contributed by atoms with van der Waals surface area (Å²) in [6.07, 6.45) is 0. The first-order valence-corrected chi connectivity index (χ1v) is 4.12. The van der Waals surface area contributed by atoms with Crippen LogP contribution < -0.4 is 16.6 Å². The van der Waals surface area contributed by atoms with Crippen molar-refractivity contribution in [1.82, 2.24) is 5.43 Å². The van der Waals surface area contributed by atoms with Crippen LogP contribution in [-0.4, -0.2) is 6.54 Å². The topological polar surface area (TPSA) is 50.1 Å². The summed E-state index contributed by atoms with van der Waals surface area (Å²) in [6.45, 7) is 2.87. The minimum Gasteiger partial charge on any atom is -0.323 e. The molecule has 0 fully saturated rings. The van der Waals surface area contributed by atoms with E-state index in [4.69, 9.17) is 5.73 Å². The standard InChI is InChI=1S/C9H13N3/c1-6-2-3-9-7(4-6)8(10)5-11-12-9/h2-4,8,11-12H,5,10H2,1H3. The number of rotatable bonds is 0. The van der Waals surface area contributed by atoms with Crippen molar-refractivity contribution < 1.29 is 0 Å². The quantitative estimate of drug-likeness (QED) is 0.533. The van der Waals surface area contributed by atoms with Gasteiger partial charge in [0.25, 0.3) is 0 Å². The van der Waals surface area contributed by atoms with Crippen molar-refractivity contribution in [1.29, 1.82) is 0 Å². The fourth-order valence-electron chi connectivity index (χ4n) is 1.47. The fraction of sp³-hybridized carbons (Fsp3) is 0.333. The molecule has 0 saturated heterocycles. The van der Waals surface area contributed by atoms with E-state index in [2.05, 4.69) is 36.0 Å². The number of benzene rings is 1. The lowest BCUT2D eigenvalue weighted by molar-refractivity contribution is 0.621. The normalized spacial score (nSPS) is 21.3. The van der Waals surface area contributed by atoms with Gasteiger partial charge in [-0.25, -0.2) is 5.43 Å². The van der Waals surface area contributed by atoms with Gasteiger partial charge in [-0.1, -0.05) is 17.7 Å². The zero-order chi connectivity index (χ0) is 8.55. The van der Waals surface area contributed by atoms with E-state index >= 15 is 0 Å². The van der Waals surface area contributed by atoms with Crippen LogP contribution >= 0.6 is 0 Å². The van der Waals surface area contributed by atoms with Gasteiger partial charge in [-0.15, -0.1) is 0 Å². The third kappa shape index (κ3) is 1.17. The molecule has 0 amide bonds. The van der Waals surface area contributed by atoms with Crippen LogP contribution in [0.3, 0.4) is 0 Å².